The van der Waals surface area contributed by atoms with Crippen molar-refractivity contribution < 1.29 is 4.74 Å². The van der Waals surface area contributed by atoms with Gasteiger partial charge >= 0.3 is 0 Å². The van der Waals surface area contributed by atoms with E-state index in [1.807, 2.05) is 6.07 Å². The maximum absolute atomic E-state index is 12.8. The fraction of sp³-hybridized carbons (Fsp3) is 0.400. The monoisotopic (exact) mass is 481 g/mol. The van der Waals surface area contributed by atoms with Gasteiger partial charge in [0.25, 0.3) is 11.1 Å². The molecule has 34 heavy (non-hydrogen) atoms. The van der Waals surface area contributed by atoms with Gasteiger partial charge in [-0.1, -0.05) is 11.6 Å². The molecule has 2 fully saturated rings. The van der Waals surface area contributed by atoms with Crippen LogP contribution in [0, 0.1) is 0 Å². The highest BCUT2D eigenvalue weighted by Crippen LogP contribution is 2.23. The number of nitrogens with one attached hydrogen (secondary N) is 1. The van der Waals surface area contributed by atoms with Crippen molar-refractivity contribution in [3.8, 4) is 11.4 Å². The van der Waals surface area contributed by atoms with Gasteiger partial charge in [-0.05, 0) is 69.1 Å². The van der Waals surface area contributed by atoms with E-state index >= 15 is 0 Å². The minimum Gasteiger partial charge on any atom is -0.487 e. The van der Waals surface area contributed by atoms with Gasteiger partial charge in [-0.15, -0.1) is 0 Å². The summed E-state index contributed by atoms with van der Waals surface area (Å²) >= 11 is 5.84. The second kappa shape index (κ2) is 10.0. The van der Waals surface area contributed by atoms with Crippen molar-refractivity contribution in [2.75, 3.05) is 31.1 Å². The zero-order valence-corrected chi connectivity index (χ0v) is 19.7. The molecule has 5 rings (SSSR count). The fourth-order valence-electron chi connectivity index (χ4n) is 4.81. The molecule has 0 radical (unpaired) electrons. The van der Waals surface area contributed by atoms with Crippen molar-refractivity contribution in [2.24, 2.45) is 0 Å². The number of piperidine rings is 1. The van der Waals surface area contributed by atoms with Crippen LogP contribution in [0.5, 0.6) is 5.75 Å². The Morgan fingerprint density at radius 1 is 1.03 bits per heavy atom. The number of hydrogen-bond acceptors (Lipinski definition) is 6. The SMILES string of the molecule is O=c1[nH]c(N2CCC(N3CCCC3)CC2)ccc1-n1ccc(OCc2ccc(Cl)cn2)cc1=O. The van der Waals surface area contributed by atoms with Crippen LogP contribution in [0.15, 0.2) is 58.4 Å². The third-order valence-electron chi connectivity index (χ3n) is 6.66. The van der Waals surface area contributed by atoms with Crippen molar-refractivity contribution in [2.45, 2.75) is 38.3 Å². The Kier molecular flexibility index (Phi) is 6.69. The first-order chi connectivity index (χ1) is 16.6. The van der Waals surface area contributed by atoms with Gasteiger partial charge in [-0.25, -0.2) is 0 Å². The Balaban J connectivity index is 1.24. The fourth-order valence-corrected chi connectivity index (χ4v) is 4.92. The average Bonchev–Trinajstić information content (AvgIpc) is 3.39. The molecule has 0 unspecified atom stereocenters. The largest absolute Gasteiger partial charge is 0.487 e. The summed E-state index contributed by atoms with van der Waals surface area (Å²) in [5, 5.41) is 0.550. The van der Waals surface area contributed by atoms with E-state index in [9.17, 15) is 9.59 Å². The van der Waals surface area contributed by atoms with Crippen LogP contribution in [-0.4, -0.2) is 51.7 Å². The van der Waals surface area contributed by atoms with Gasteiger partial charge in [-0.2, -0.15) is 0 Å². The minimum atomic E-state index is -0.341. The van der Waals surface area contributed by atoms with Gasteiger partial charge in [-0.3, -0.25) is 19.1 Å². The van der Waals surface area contributed by atoms with Crippen LogP contribution in [0.2, 0.25) is 5.02 Å². The maximum atomic E-state index is 12.8. The van der Waals surface area contributed by atoms with E-state index in [-0.39, 0.29) is 23.4 Å². The third kappa shape index (κ3) is 5.03. The molecule has 178 valence electrons. The molecule has 9 heteroatoms. The second-order valence-electron chi connectivity index (χ2n) is 8.85. The number of rotatable bonds is 6. The molecule has 0 saturated carbocycles. The number of halogens is 1. The van der Waals surface area contributed by atoms with E-state index in [0.717, 1.165) is 31.7 Å². The number of H-pyrrole nitrogens is 1. The van der Waals surface area contributed by atoms with Crippen LogP contribution >= 0.6 is 11.6 Å². The summed E-state index contributed by atoms with van der Waals surface area (Å²) in [5.41, 5.74) is 0.350. The third-order valence-corrected chi connectivity index (χ3v) is 6.89. The predicted octanol–water partition coefficient (Wildman–Crippen LogP) is 3.22. The number of likely N-dealkylation sites (tertiary alicyclic amines) is 1. The Morgan fingerprint density at radius 3 is 2.50 bits per heavy atom. The van der Waals surface area contributed by atoms with Crippen molar-refractivity contribution in [3.05, 3.63) is 80.2 Å². The maximum Gasteiger partial charge on any atom is 0.273 e. The van der Waals surface area contributed by atoms with Crippen LogP contribution in [0.1, 0.15) is 31.4 Å². The molecule has 2 aliphatic heterocycles. The number of aromatic nitrogens is 3. The molecule has 0 aromatic carbocycles. The van der Waals surface area contributed by atoms with Gasteiger partial charge in [0, 0.05) is 37.6 Å². The van der Waals surface area contributed by atoms with Gasteiger partial charge < -0.3 is 19.5 Å². The zero-order chi connectivity index (χ0) is 23.5. The Labute approximate surface area is 202 Å². The highest BCUT2D eigenvalue weighted by Gasteiger charge is 2.26. The van der Waals surface area contributed by atoms with Crippen molar-refractivity contribution in [1.82, 2.24) is 19.4 Å². The molecule has 0 spiro atoms. The van der Waals surface area contributed by atoms with E-state index in [1.54, 1.807) is 36.7 Å². The smallest absolute Gasteiger partial charge is 0.273 e. The van der Waals surface area contributed by atoms with Crippen LogP contribution in [0.4, 0.5) is 5.82 Å². The van der Waals surface area contributed by atoms with E-state index < -0.39 is 0 Å². The number of nitrogens with zero attached hydrogens (tertiary/aromatic N) is 4. The zero-order valence-electron chi connectivity index (χ0n) is 19.0. The predicted molar refractivity (Wildman–Crippen MR) is 132 cm³/mol. The van der Waals surface area contributed by atoms with Gasteiger partial charge in [0.2, 0.25) is 0 Å². The summed E-state index contributed by atoms with van der Waals surface area (Å²) in [7, 11) is 0. The van der Waals surface area contributed by atoms with E-state index in [0.29, 0.717) is 22.5 Å². The lowest BCUT2D eigenvalue weighted by atomic mass is 10.0. The topological polar surface area (TPSA) is 83.5 Å². The van der Waals surface area contributed by atoms with Crippen LogP contribution < -0.4 is 20.8 Å². The lowest BCUT2D eigenvalue weighted by Crippen LogP contribution is -2.44. The van der Waals surface area contributed by atoms with E-state index in [4.69, 9.17) is 16.3 Å². The first kappa shape index (κ1) is 22.7. The van der Waals surface area contributed by atoms with Crippen molar-refractivity contribution in [1.29, 1.82) is 0 Å². The van der Waals surface area contributed by atoms with Gasteiger partial charge in [0.15, 0.2) is 0 Å². The summed E-state index contributed by atoms with van der Waals surface area (Å²) in [6, 6.07) is 10.8. The van der Waals surface area contributed by atoms with Gasteiger partial charge in [0.05, 0.1) is 10.7 Å². The molecular weight excluding hydrogens is 454 g/mol. The first-order valence-corrected chi connectivity index (χ1v) is 12.1. The Hall–Kier alpha value is -3.10. The number of anilines is 1. The van der Waals surface area contributed by atoms with E-state index in [1.165, 1.54) is 36.6 Å². The molecule has 5 heterocycles. The summed E-state index contributed by atoms with van der Waals surface area (Å²) in [6.07, 6.45) is 7.93. The highest BCUT2D eigenvalue weighted by molar-refractivity contribution is 6.30. The highest BCUT2D eigenvalue weighted by atomic mass is 35.5. The van der Waals surface area contributed by atoms with E-state index in [2.05, 4.69) is 19.8 Å². The number of pyridine rings is 3. The van der Waals surface area contributed by atoms with Crippen LogP contribution in [0.3, 0.4) is 0 Å². The molecule has 0 amide bonds. The van der Waals surface area contributed by atoms with Crippen molar-refractivity contribution in [3.63, 3.8) is 0 Å². The first-order valence-electron chi connectivity index (χ1n) is 11.8. The second-order valence-corrected chi connectivity index (χ2v) is 9.28. The quantitative estimate of drug-likeness (QED) is 0.582. The summed E-state index contributed by atoms with van der Waals surface area (Å²) in [6.45, 7) is 4.49. The molecule has 0 aliphatic carbocycles. The molecule has 2 saturated heterocycles. The number of aromatic amines is 1. The molecule has 3 aromatic heterocycles. The molecule has 1 N–H and O–H groups in total. The van der Waals surface area contributed by atoms with Crippen molar-refractivity contribution >= 4 is 17.4 Å². The molecular formula is C25H28ClN5O3. The lowest BCUT2D eigenvalue weighted by molar-refractivity contribution is 0.207. The summed E-state index contributed by atoms with van der Waals surface area (Å²) in [5.74, 6) is 1.21. The standard InChI is InChI=1S/C25H28ClN5O3/c26-18-3-4-19(27-16-18)17-34-21-9-14-31(24(32)15-21)22-5-6-23(28-25(22)33)30-12-7-20(8-13-30)29-10-1-2-11-29/h3-6,9,14-16,20H,1-2,7-8,10-13,17H2,(H,28,33). The number of hydrogen-bond donors (Lipinski definition) is 1. The average molecular weight is 482 g/mol. The lowest BCUT2D eigenvalue weighted by Gasteiger charge is -2.37. The molecule has 2 aliphatic rings. The molecule has 8 nitrogen and oxygen atoms in total. The normalized spacial score (nSPS) is 17.3. The summed E-state index contributed by atoms with van der Waals surface area (Å²) in [4.78, 5) is 37.5. The molecule has 0 atom stereocenters. The molecule has 0 bridgehead atoms. The Bertz CT molecular complexity index is 1240. The molecule has 3 aromatic rings. The van der Waals surface area contributed by atoms with Crippen LogP contribution in [-0.2, 0) is 6.61 Å². The minimum absolute atomic E-state index is 0.213. The van der Waals surface area contributed by atoms with Gasteiger partial charge in [0.1, 0.15) is 23.9 Å². The number of ether oxygens (including phenoxy) is 1. The summed E-state index contributed by atoms with van der Waals surface area (Å²) < 4.78 is 6.99. The Morgan fingerprint density at radius 2 is 1.82 bits per heavy atom. The van der Waals surface area contributed by atoms with Crippen LogP contribution in [0.25, 0.3) is 5.69 Å².